The number of hydrogen-bond acceptors (Lipinski definition) is 4. The zero-order valence-electron chi connectivity index (χ0n) is 19.0. The van der Waals surface area contributed by atoms with Gasteiger partial charge in [0.1, 0.15) is 5.84 Å². The molecule has 1 fully saturated rings. The van der Waals surface area contributed by atoms with Gasteiger partial charge in [-0.3, -0.25) is 4.90 Å². The highest BCUT2D eigenvalue weighted by molar-refractivity contribution is 6.31. The number of benzene rings is 3. The third kappa shape index (κ3) is 5.40. The molecule has 0 spiro atoms. The number of unbranched alkanes of at least 4 members (excludes halogenated alkanes) is 2. The molecule has 3 aromatic rings. The Hall–Kier alpha value is -2.82. The van der Waals surface area contributed by atoms with Crippen molar-refractivity contribution in [3.63, 3.8) is 0 Å². The molecule has 5 rings (SSSR count). The fourth-order valence-electron chi connectivity index (χ4n) is 4.72. The summed E-state index contributed by atoms with van der Waals surface area (Å²) >= 11 is 6.28. The Morgan fingerprint density at radius 3 is 2.42 bits per heavy atom. The highest BCUT2D eigenvalue weighted by Crippen LogP contribution is 2.36. The number of halogens is 1. The Morgan fingerprint density at radius 1 is 0.788 bits per heavy atom. The number of anilines is 2. The van der Waals surface area contributed by atoms with Crippen molar-refractivity contribution in [2.45, 2.75) is 25.7 Å². The van der Waals surface area contributed by atoms with Gasteiger partial charge in [0.2, 0.25) is 0 Å². The fraction of sp³-hybridized carbons (Fsp3) is 0.321. The second-order valence-corrected chi connectivity index (χ2v) is 9.33. The van der Waals surface area contributed by atoms with E-state index in [9.17, 15) is 0 Å². The third-order valence-corrected chi connectivity index (χ3v) is 6.81. The van der Waals surface area contributed by atoms with Crippen LogP contribution >= 0.6 is 11.6 Å². The number of rotatable bonds is 6. The van der Waals surface area contributed by atoms with Crippen molar-refractivity contribution in [3.05, 3.63) is 88.9 Å². The smallest absolute Gasteiger partial charge is 0.138 e. The molecular formula is C28H31ClN4. The van der Waals surface area contributed by atoms with E-state index in [1.165, 1.54) is 37.8 Å². The van der Waals surface area contributed by atoms with E-state index >= 15 is 0 Å². The van der Waals surface area contributed by atoms with E-state index in [2.05, 4.69) is 69.7 Å². The van der Waals surface area contributed by atoms with Crippen molar-refractivity contribution in [1.82, 2.24) is 9.80 Å². The first-order valence-electron chi connectivity index (χ1n) is 12.0. The summed E-state index contributed by atoms with van der Waals surface area (Å²) in [5.41, 5.74) is 5.59. The van der Waals surface area contributed by atoms with E-state index in [0.29, 0.717) is 5.02 Å². The van der Waals surface area contributed by atoms with E-state index in [1.54, 1.807) is 0 Å². The molecule has 0 atom stereocenters. The van der Waals surface area contributed by atoms with Crippen molar-refractivity contribution in [2.75, 3.05) is 38.0 Å². The van der Waals surface area contributed by atoms with Gasteiger partial charge in [-0.25, -0.2) is 4.99 Å². The minimum Gasteiger partial charge on any atom is -0.353 e. The maximum absolute atomic E-state index is 6.28. The Labute approximate surface area is 201 Å². The van der Waals surface area contributed by atoms with Crippen molar-refractivity contribution in [1.29, 1.82) is 0 Å². The standard InChI is InChI=1S/C28H31ClN4/c29-23-14-15-26-27(21-23)31-28(24-12-6-7-13-25(24)30-26)33-19-17-32(18-20-33)16-8-2-5-11-22-9-3-1-4-10-22/h1,3-4,6-7,9-10,12-15,21,30H,2,5,8,11,16-20H2. The lowest BCUT2D eigenvalue weighted by Gasteiger charge is -2.36. The highest BCUT2D eigenvalue weighted by atomic mass is 35.5. The zero-order valence-corrected chi connectivity index (χ0v) is 19.8. The largest absolute Gasteiger partial charge is 0.353 e. The maximum atomic E-state index is 6.28. The minimum absolute atomic E-state index is 0.710. The number of fused-ring (bicyclic) bond motifs is 2. The van der Waals surface area contributed by atoms with Gasteiger partial charge in [0.25, 0.3) is 0 Å². The first-order valence-corrected chi connectivity index (χ1v) is 12.4. The predicted molar refractivity (Wildman–Crippen MR) is 139 cm³/mol. The summed E-state index contributed by atoms with van der Waals surface area (Å²) < 4.78 is 0. The van der Waals surface area contributed by atoms with Crippen molar-refractivity contribution in [3.8, 4) is 0 Å². The molecule has 4 nitrogen and oxygen atoms in total. The van der Waals surface area contributed by atoms with Gasteiger partial charge in [-0.1, -0.05) is 60.5 Å². The second-order valence-electron chi connectivity index (χ2n) is 8.89. The topological polar surface area (TPSA) is 30.9 Å². The van der Waals surface area contributed by atoms with Crippen LogP contribution in [0.4, 0.5) is 17.1 Å². The highest BCUT2D eigenvalue weighted by Gasteiger charge is 2.24. The Kier molecular flexibility index (Phi) is 6.94. The van der Waals surface area contributed by atoms with Gasteiger partial charge in [0.15, 0.2) is 0 Å². The lowest BCUT2D eigenvalue weighted by Crippen LogP contribution is -2.49. The SMILES string of the molecule is Clc1ccc2c(c1)N=C(N1CCN(CCCCCc3ccccc3)CC1)c1ccccc1N2. The number of nitrogens with zero attached hydrogens (tertiary/aromatic N) is 3. The molecule has 2 heterocycles. The summed E-state index contributed by atoms with van der Waals surface area (Å²) in [6.45, 7) is 5.33. The van der Waals surface area contributed by atoms with Gasteiger partial charge in [0.05, 0.1) is 11.4 Å². The van der Waals surface area contributed by atoms with Gasteiger partial charge in [-0.2, -0.15) is 0 Å². The van der Waals surface area contributed by atoms with E-state index in [-0.39, 0.29) is 0 Å². The lowest BCUT2D eigenvalue weighted by atomic mass is 10.1. The molecule has 2 aliphatic rings. The molecule has 1 N–H and O–H groups in total. The summed E-state index contributed by atoms with van der Waals surface area (Å²) in [7, 11) is 0. The molecular weight excluding hydrogens is 428 g/mol. The first kappa shape index (κ1) is 22.0. The summed E-state index contributed by atoms with van der Waals surface area (Å²) in [6, 6.07) is 25.1. The molecule has 0 radical (unpaired) electrons. The summed E-state index contributed by atoms with van der Waals surface area (Å²) in [5.74, 6) is 1.04. The number of amidine groups is 1. The number of hydrogen-bond donors (Lipinski definition) is 1. The molecule has 0 aromatic heterocycles. The average molecular weight is 459 g/mol. The third-order valence-electron chi connectivity index (χ3n) is 6.58. The normalized spacial score (nSPS) is 15.8. The van der Waals surface area contributed by atoms with Crippen LogP contribution in [-0.2, 0) is 6.42 Å². The number of aliphatic imine (C=N–C) groups is 1. The first-order chi connectivity index (χ1) is 16.3. The van der Waals surface area contributed by atoms with Crippen molar-refractivity contribution >= 4 is 34.5 Å². The van der Waals surface area contributed by atoms with Gasteiger partial charge in [0, 0.05) is 42.5 Å². The Bertz CT molecular complexity index is 1100. The van der Waals surface area contributed by atoms with Crippen molar-refractivity contribution < 1.29 is 0 Å². The monoisotopic (exact) mass is 458 g/mol. The Balaban J connectivity index is 1.18. The van der Waals surface area contributed by atoms with Crippen LogP contribution in [0.15, 0.2) is 77.8 Å². The number of para-hydroxylation sites is 1. The summed E-state index contributed by atoms with van der Waals surface area (Å²) in [4.78, 5) is 10.1. The van der Waals surface area contributed by atoms with E-state index in [4.69, 9.17) is 16.6 Å². The van der Waals surface area contributed by atoms with Crippen LogP contribution in [0.2, 0.25) is 5.02 Å². The molecule has 2 aliphatic heterocycles. The quantitative estimate of drug-likeness (QED) is 0.427. The summed E-state index contributed by atoms with van der Waals surface area (Å²) in [6.07, 6.45) is 5.02. The van der Waals surface area contributed by atoms with E-state index in [1.807, 2.05) is 18.2 Å². The van der Waals surface area contributed by atoms with Gasteiger partial charge in [-0.15, -0.1) is 0 Å². The molecule has 1 saturated heterocycles. The molecule has 0 saturated carbocycles. The second kappa shape index (κ2) is 10.4. The minimum atomic E-state index is 0.710. The van der Waals surface area contributed by atoms with Gasteiger partial charge in [-0.05, 0) is 61.7 Å². The van der Waals surface area contributed by atoms with Crippen LogP contribution in [0.3, 0.4) is 0 Å². The molecule has 0 amide bonds. The van der Waals surface area contributed by atoms with Crippen LogP contribution < -0.4 is 5.32 Å². The predicted octanol–water partition coefficient (Wildman–Crippen LogP) is 6.51. The molecule has 0 bridgehead atoms. The van der Waals surface area contributed by atoms with Crippen LogP contribution in [0, 0.1) is 0 Å². The zero-order chi connectivity index (χ0) is 22.5. The van der Waals surface area contributed by atoms with Crippen LogP contribution in [0.25, 0.3) is 0 Å². The average Bonchev–Trinajstić information content (AvgIpc) is 3.01. The molecule has 33 heavy (non-hydrogen) atoms. The van der Waals surface area contributed by atoms with E-state index in [0.717, 1.165) is 54.6 Å². The fourth-order valence-corrected chi connectivity index (χ4v) is 4.89. The van der Waals surface area contributed by atoms with E-state index < -0.39 is 0 Å². The molecule has 170 valence electrons. The van der Waals surface area contributed by atoms with Crippen LogP contribution in [0.5, 0.6) is 0 Å². The van der Waals surface area contributed by atoms with Crippen molar-refractivity contribution in [2.24, 2.45) is 4.99 Å². The lowest BCUT2D eigenvalue weighted by molar-refractivity contribution is 0.179. The van der Waals surface area contributed by atoms with Crippen LogP contribution in [-0.4, -0.2) is 48.4 Å². The molecule has 0 aliphatic carbocycles. The number of aryl methyl sites for hydroxylation is 1. The van der Waals surface area contributed by atoms with Gasteiger partial charge < -0.3 is 10.2 Å². The van der Waals surface area contributed by atoms with Crippen LogP contribution in [0.1, 0.15) is 30.4 Å². The molecule has 5 heteroatoms. The number of piperazine rings is 1. The molecule has 0 unspecified atom stereocenters. The van der Waals surface area contributed by atoms with Gasteiger partial charge >= 0.3 is 0 Å². The Morgan fingerprint density at radius 2 is 1.58 bits per heavy atom. The summed E-state index contributed by atoms with van der Waals surface area (Å²) in [5, 5.41) is 4.26. The molecule has 3 aromatic carbocycles. The maximum Gasteiger partial charge on any atom is 0.138 e. The number of nitrogens with one attached hydrogen (secondary N) is 1.